The Morgan fingerprint density at radius 1 is 0.970 bits per heavy atom. The minimum Gasteiger partial charge on any atom is -0.465 e. The minimum atomic E-state index is -2.18. The minimum absolute atomic E-state index is 0.00699. The van der Waals surface area contributed by atoms with Crippen molar-refractivity contribution in [2.24, 2.45) is 0 Å². The molecule has 11 nitrogen and oxygen atoms in total. The first kappa shape index (κ1) is 26.1. The maximum Gasteiger partial charge on any atom is 0.339 e. The van der Waals surface area contributed by atoms with E-state index in [0.717, 1.165) is 11.8 Å². The maximum atomic E-state index is 12.0. The van der Waals surface area contributed by atoms with Gasteiger partial charge in [-0.05, 0) is 48.6 Å². The fraction of sp³-hybridized carbons (Fsp3) is 0.158. The second kappa shape index (κ2) is 13.4. The average Bonchev–Trinajstić information content (AvgIpc) is 2.78. The van der Waals surface area contributed by atoms with Gasteiger partial charge in [0.1, 0.15) is 0 Å². The number of nitrogens with one attached hydrogen (secondary N) is 5. The van der Waals surface area contributed by atoms with Gasteiger partial charge >= 0.3 is 5.97 Å². The molecular weight excluding hydrogens is 490 g/mol. The summed E-state index contributed by atoms with van der Waals surface area (Å²) in [5, 5.41) is 5.51. The Labute approximate surface area is 201 Å². The lowest BCUT2D eigenvalue weighted by Crippen LogP contribution is -2.44. The number of hydrazine groups is 1. The molecule has 2 aromatic carbocycles. The molecule has 0 aromatic heterocycles. The van der Waals surface area contributed by atoms with E-state index in [1.807, 2.05) is 0 Å². The van der Waals surface area contributed by atoms with Gasteiger partial charge in [-0.2, -0.15) is 0 Å². The number of carbonyl (C=O) groups is 3. The molecule has 2 aromatic rings. The number of carbonyl (C=O) groups excluding carboxylic acids is 3. The largest absolute Gasteiger partial charge is 0.465 e. The van der Waals surface area contributed by atoms with Crippen molar-refractivity contribution in [1.29, 1.82) is 0 Å². The Balaban J connectivity index is 1.69. The number of methoxy groups -OCH3 is 1. The first-order valence-corrected chi connectivity index (χ1v) is 11.8. The molecular formula is C19H21N5O6S3. The van der Waals surface area contributed by atoms with Gasteiger partial charge in [-0.15, -0.1) is 11.8 Å². The quantitative estimate of drug-likeness (QED) is 0.127. The van der Waals surface area contributed by atoms with Crippen LogP contribution in [0.1, 0.15) is 10.4 Å². The summed E-state index contributed by atoms with van der Waals surface area (Å²) in [6.07, 6.45) is 0. The second-order valence-corrected chi connectivity index (χ2v) is 8.23. The molecule has 6 N–H and O–H groups in total. The summed E-state index contributed by atoms with van der Waals surface area (Å²) in [6.45, 7) is 0. The van der Waals surface area contributed by atoms with Crippen molar-refractivity contribution in [2.75, 3.05) is 34.0 Å². The van der Waals surface area contributed by atoms with Crippen LogP contribution < -0.4 is 26.2 Å². The molecule has 0 saturated carbocycles. The van der Waals surface area contributed by atoms with Gasteiger partial charge in [0.2, 0.25) is 11.8 Å². The molecule has 0 radical (unpaired) electrons. The van der Waals surface area contributed by atoms with Crippen molar-refractivity contribution < 1.29 is 27.9 Å². The normalized spacial score (nSPS) is 11.0. The van der Waals surface area contributed by atoms with Crippen LogP contribution in [0.4, 0.5) is 17.1 Å². The van der Waals surface area contributed by atoms with Crippen molar-refractivity contribution in [2.45, 2.75) is 0 Å². The fourth-order valence-electron chi connectivity index (χ4n) is 2.35. The summed E-state index contributed by atoms with van der Waals surface area (Å²) >= 11 is 4.02. The number of hydrogen-bond donors (Lipinski definition) is 6. The van der Waals surface area contributed by atoms with Crippen LogP contribution in [0.5, 0.6) is 0 Å². The first-order chi connectivity index (χ1) is 15.8. The lowest BCUT2D eigenvalue weighted by molar-refractivity contribution is -0.119. The smallest absolute Gasteiger partial charge is 0.339 e. The number of ether oxygens (including phenoxy) is 1. The average molecular weight is 512 g/mol. The molecule has 0 saturated heterocycles. The van der Waals surface area contributed by atoms with Crippen molar-refractivity contribution in [1.82, 2.24) is 10.9 Å². The third kappa shape index (κ3) is 9.44. The van der Waals surface area contributed by atoms with E-state index < -0.39 is 23.1 Å². The highest BCUT2D eigenvalue weighted by molar-refractivity contribution is 8.00. The zero-order valence-electron chi connectivity index (χ0n) is 17.2. The number of para-hydroxylation sites is 1. The number of esters is 1. The van der Waals surface area contributed by atoms with Crippen LogP contribution in [0.25, 0.3) is 0 Å². The maximum absolute atomic E-state index is 12.0. The predicted molar refractivity (Wildman–Crippen MR) is 132 cm³/mol. The number of amides is 2. The topological polar surface area (TPSA) is 158 Å². The molecule has 1 atom stereocenters. The van der Waals surface area contributed by atoms with Gasteiger partial charge in [0.15, 0.2) is 5.11 Å². The highest BCUT2D eigenvalue weighted by Gasteiger charge is 2.12. The van der Waals surface area contributed by atoms with Gasteiger partial charge in [-0.3, -0.25) is 29.7 Å². The van der Waals surface area contributed by atoms with E-state index in [9.17, 15) is 18.6 Å². The standard InChI is InChI=1S/C19H21N5O6S3/c1-30-18(27)14-4-2-3-5-15(14)21-19(31)23-22-17(26)11-32-10-16(25)20-12-6-8-13(9-7-12)24-33(28)29/h2-9,24H,10-11H2,1H3,(H,20,25)(H,22,26)(H,28,29)(H2,21,23,31). The molecule has 0 spiro atoms. The molecule has 14 heteroatoms. The van der Waals surface area contributed by atoms with Crippen molar-refractivity contribution >= 4 is 75.2 Å². The van der Waals surface area contributed by atoms with E-state index >= 15 is 0 Å². The number of benzene rings is 2. The van der Waals surface area contributed by atoms with Gasteiger partial charge in [0.25, 0.3) is 11.3 Å². The number of thioether (sulfide) groups is 1. The monoisotopic (exact) mass is 511 g/mol. The van der Waals surface area contributed by atoms with Crippen LogP contribution in [-0.4, -0.2) is 50.3 Å². The zero-order chi connectivity index (χ0) is 24.2. The van der Waals surface area contributed by atoms with Gasteiger partial charge < -0.3 is 15.4 Å². The zero-order valence-corrected chi connectivity index (χ0v) is 19.7. The Bertz CT molecular complexity index is 1030. The molecule has 1 unspecified atom stereocenters. The number of rotatable bonds is 9. The highest BCUT2D eigenvalue weighted by atomic mass is 32.2. The third-order valence-electron chi connectivity index (χ3n) is 3.74. The van der Waals surface area contributed by atoms with Crippen LogP contribution >= 0.6 is 24.0 Å². The van der Waals surface area contributed by atoms with Crippen molar-refractivity contribution in [3.63, 3.8) is 0 Å². The summed E-state index contributed by atoms with van der Waals surface area (Å²) in [7, 11) is 1.27. The molecule has 2 rings (SSSR count). The molecule has 0 aliphatic carbocycles. The van der Waals surface area contributed by atoms with Gasteiger partial charge in [-0.1, -0.05) is 12.1 Å². The van der Waals surface area contributed by atoms with E-state index in [1.54, 1.807) is 36.4 Å². The molecule has 2 amide bonds. The molecule has 0 aliphatic rings. The Hall–Kier alpha value is -3.20. The van der Waals surface area contributed by atoms with E-state index in [-0.39, 0.29) is 28.1 Å². The third-order valence-corrected chi connectivity index (χ3v) is 5.28. The Kier molecular flexibility index (Phi) is 10.6. The van der Waals surface area contributed by atoms with E-state index in [4.69, 9.17) is 21.5 Å². The summed E-state index contributed by atoms with van der Waals surface area (Å²) in [5.41, 5.74) is 6.54. The highest BCUT2D eigenvalue weighted by Crippen LogP contribution is 2.16. The Morgan fingerprint density at radius 3 is 2.27 bits per heavy atom. The van der Waals surface area contributed by atoms with Crippen molar-refractivity contribution in [3.05, 3.63) is 54.1 Å². The van der Waals surface area contributed by atoms with Gasteiger partial charge in [0, 0.05) is 11.4 Å². The molecule has 0 heterocycles. The lowest BCUT2D eigenvalue weighted by Gasteiger charge is -2.13. The van der Waals surface area contributed by atoms with E-state index in [0.29, 0.717) is 17.1 Å². The summed E-state index contributed by atoms with van der Waals surface area (Å²) in [6, 6.07) is 12.8. The Morgan fingerprint density at radius 2 is 1.61 bits per heavy atom. The lowest BCUT2D eigenvalue weighted by atomic mass is 10.2. The van der Waals surface area contributed by atoms with Crippen LogP contribution in [0.2, 0.25) is 0 Å². The van der Waals surface area contributed by atoms with Crippen molar-refractivity contribution in [3.8, 4) is 0 Å². The SMILES string of the molecule is COC(=O)c1ccccc1NC(=S)NNC(=O)CSCC(=O)Nc1ccc(NS(=O)O)cc1. The number of anilines is 3. The first-order valence-electron chi connectivity index (χ1n) is 9.17. The molecule has 33 heavy (non-hydrogen) atoms. The van der Waals surface area contributed by atoms with Crippen LogP contribution in [0.15, 0.2) is 48.5 Å². The van der Waals surface area contributed by atoms with E-state index in [1.165, 1.54) is 19.2 Å². The van der Waals surface area contributed by atoms with Crippen LogP contribution in [0.3, 0.4) is 0 Å². The summed E-state index contributed by atoms with van der Waals surface area (Å²) in [5.74, 6) is -1.24. The summed E-state index contributed by atoms with van der Waals surface area (Å²) in [4.78, 5) is 35.7. The molecule has 176 valence electrons. The number of thiocarbonyl (C=S) groups is 1. The predicted octanol–water partition coefficient (Wildman–Crippen LogP) is 1.71. The van der Waals surface area contributed by atoms with Gasteiger partial charge in [0.05, 0.1) is 29.9 Å². The molecule has 0 aliphatic heterocycles. The van der Waals surface area contributed by atoms with E-state index in [2.05, 4.69) is 26.2 Å². The molecule has 0 bridgehead atoms. The molecule has 0 fully saturated rings. The van der Waals surface area contributed by atoms with Crippen LogP contribution in [0, 0.1) is 0 Å². The second-order valence-electron chi connectivity index (χ2n) is 6.13. The fourth-order valence-corrected chi connectivity index (χ4v) is 3.47. The summed E-state index contributed by atoms with van der Waals surface area (Å²) < 4.78 is 26.5. The van der Waals surface area contributed by atoms with Gasteiger partial charge in [-0.25, -0.2) is 9.00 Å². The number of hydrogen-bond acceptors (Lipinski definition) is 7. The van der Waals surface area contributed by atoms with Crippen LogP contribution in [-0.2, 0) is 25.6 Å².